The van der Waals surface area contributed by atoms with Crippen LogP contribution < -0.4 is 0 Å². The van der Waals surface area contributed by atoms with Gasteiger partial charge in [-0.25, -0.2) is 4.98 Å². The van der Waals surface area contributed by atoms with Gasteiger partial charge in [0.2, 0.25) is 0 Å². The molecule has 0 amide bonds. The molecule has 28 heavy (non-hydrogen) atoms. The van der Waals surface area contributed by atoms with E-state index in [0.717, 1.165) is 16.6 Å². The molecule has 0 aliphatic rings. The SMILES string of the molecule is Cn1c(SCC(O)=C(C#N)c2nc3ccccc3[nH]2)nnc1-c1ccncc1. The van der Waals surface area contributed by atoms with Crippen LogP contribution in [0.2, 0.25) is 0 Å². The summed E-state index contributed by atoms with van der Waals surface area (Å²) < 4.78 is 1.83. The zero-order valence-corrected chi connectivity index (χ0v) is 15.7. The van der Waals surface area contributed by atoms with E-state index >= 15 is 0 Å². The van der Waals surface area contributed by atoms with Crippen molar-refractivity contribution in [3.05, 3.63) is 60.4 Å². The molecule has 0 unspecified atom stereocenters. The normalized spacial score (nSPS) is 12.0. The van der Waals surface area contributed by atoms with E-state index in [9.17, 15) is 10.4 Å². The Bertz CT molecular complexity index is 1170. The Morgan fingerprint density at radius 2 is 2.00 bits per heavy atom. The zero-order valence-electron chi connectivity index (χ0n) is 14.9. The number of thioether (sulfide) groups is 1. The average Bonchev–Trinajstić information content (AvgIpc) is 3.31. The number of hydrogen-bond acceptors (Lipinski definition) is 7. The number of H-pyrrole nitrogens is 1. The average molecular weight is 389 g/mol. The Morgan fingerprint density at radius 3 is 2.75 bits per heavy atom. The van der Waals surface area contributed by atoms with Gasteiger partial charge in [-0.1, -0.05) is 23.9 Å². The van der Waals surface area contributed by atoms with Gasteiger partial charge in [0.25, 0.3) is 0 Å². The Kier molecular flexibility index (Phi) is 4.78. The molecule has 3 aromatic heterocycles. The van der Waals surface area contributed by atoms with Crippen LogP contribution >= 0.6 is 11.8 Å². The maximum Gasteiger partial charge on any atom is 0.191 e. The number of imidazole rings is 1. The predicted octanol–water partition coefficient (Wildman–Crippen LogP) is 3.34. The lowest BCUT2D eigenvalue weighted by atomic mass is 10.2. The standard InChI is InChI=1S/C19H15N7OS/c1-26-18(12-6-8-21-9-7-12)24-25-19(26)28-11-16(27)13(10-20)17-22-14-4-2-3-5-15(14)23-17/h2-9,27H,11H2,1H3,(H,22,23). The number of rotatable bonds is 5. The molecule has 138 valence electrons. The Hall–Kier alpha value is -3.64. The maximum atomic E-state index is 10.5. The van der Waals surface area contributed by atoms with Crippen molar-refractivity contribution >= 4 is 28.4 Å². The minimum absolute atomic E-state index is 0.0694. The van der Waals surface area contributed by atoms with Crippen LogP contribution in [0.4, 0.5) is 0 Å². The molecule has 1 aromatic carbocycles. The van der Waals surface area contributed by atoms with E-state index in [-0.39, 0.29) is 17.1 Å². The molecule has 0 saturated carbocycles. The van der Waals surface area contributed by atoms with Crippen LogP contribution in [0.25, 0.3) is 28.0 Å². The van der Waals surface area contributed by atoms with Gasteiger partial charge in [0.1, 0.15) is 17.4 Å². The first-order valence-electron chi connectivity index (χ1n) is 8.37. The molecule has 0 spiro atoms. The van der Waals surface area contributed by atoms with Crippen molar-refractivity contribution < 1.29 is 5.11 Å². The summed E-state index contributed by atoms with van der Waals surface area (Å²) in [6, 6.07) is 13.2. The second kappa shape index (κ2) is 7.54. The predicted molar refractivity (Wildman–Crippen MR) is 106 cm³/mol. The Morgan fingerprint density at radius 1 is 1.21 bits per heavy atom. The number of benzene rings is 1. The number of aliphatic hydroxyl groups is 1. The van der Waals surface area contributed by atoms with Gasteiger partial charge in [0.05, 0.1) is 16.8 Å². The van der Waals surface area contributed by atoms with Crippen molar-refractivity contribution in [1.82, 2.24) is 29.7 Å². The summed E-state index contributed by atoms with van der Waals surface area (Å²) >= 11 is 1.29. The third-order valence-corrected chi connectivity index (χ3v) is 5.17. The van der Waals surface area contributed by atoms with E-state index in [4.69, 9.17) is 0 Å². The molecule has 0 radical (unpaired) electrons. The summed E-state index contributed by atoms with van der Waals surface area (Å²) in [5.41, 5.74) is 2.55. The lowest BCUT2D eigenvalue weighted by molar-refractivity contribution is 0.420. The number of nitrogens with zero attached hydrogens (tertiary/aromatic N) is 6. The van der Waals surface area contributed by atoms with E-state index in [1.807, 2.05) is 54.1 Å². The summed E-state index contributed by atoms with van der Waals surface area (Å²) in [6.45, 7) is 0. The van der Waals surface area contributed by atoms with E-state index in [2.05, 4.69) is 25.1 Å². The molecular formula is C19H15N7OS. The van der Waals surface area contributed by atoms with Crippen molar-refractivity contribution in [2.75, 3.05) is 5.75 Å². The van der Waals surface area contributed by atoms with Gasteiger partial charge in [-0.05, 0) is 24.3 Å². The number of nitrogens with one attached hydrogen (secondary N) is 1. The number of nitriles is 1. The summed E-state index contributed by atoms with van der Waals surface area (Å²) in [6.07, 6.45) is 3.38. The van der Waals surface area contributed by atoms with Gasteiger partial charge in [-0.3, -0.25) is 4.98 Å². The minimum atomic E-state index is -0.0694. The molecule has 0 bridgehead atoms. The summed E-state index contributed by atoms with van der Waals surface area (Å²) in [5.74, 6) is 1.14. The van der Waals surface area contributed by atoms with Crippen LogP contribution in [0, 0.1) is 11.3 Å². The molecule has 0 aliphatic heterocycles. The van der Waals surface area contributed by atoms with Gasteiger partial charge in [-0.2, -0.15) is 5.26 Å². The van der Waals surface area contributed by atoms with Gasteiger partial charge in [0.15, 0.2) is 16.8 Å². The lowest BCUT2D eigenvalue weighted by Crippen LogP contribution is -1.98. The lowest BCUT2D eigenvalue weighted by Gasteiger charge is -2.04. The largest absolute Gasteiger partial charge is 0.510 e. The molecule has 4 aromatic rings. The molecule has 0 fully saturated rings. The highest BCUT2D eigenvalue weighted by molar-refractivity contribution is 7.99. The van der Waals surface area contributed by atoms with E-state index in [0.29, 0.717) is 16.8 Å². The quantitative estimate of drug-likeness (QED) is 0.305. The van der Waals surface area contributed by atoms with Gasteiger partial charge < -0.3 is 14.7 Å². The van der Waals surface area contributed by atoms with Crippen LogP contribution in [-0.4, -0.2) is 40.6 Å². The van der Waals surface area contributed by atoms with Crippen LogP contribution in [0.15, 0.2) is 59.7 Å². The van der Waals surface area contributed by atoms with Gasteiger partial charge in [-0.15, -0.1) is 10.2 Å². The first kappa shape index (κ1) is 17.8. The number of aliphatic hydroxyl groups excluding tert-OH is 1. The molecule has 2 N–H and O–H groups in total. The van der Waals surface area contributed by atoms with Crippen LogP contribution in [0.5, 0.6) is 0 Å². The maximum absolute atomic E-state index is 10.5. The van der Waals surface area contributed by atoms with Crippen molar-refractivity contribution in [3.63, 3.8) is 0 Å². The number of pyridine rings is 1. The van der Waals surface area contributed by atoms with Crippen molar-refractivity contribution in [1.29, 1.82) is 5.26 Å². The second-order valence-corrected chi connectivity index (χ2v) is 6.87. The molecular weight excluding hydrogens is 374 g/mol. The van der Waals surface area contributed by atoms with Crippen LogP contribution in [0.1, 0.15) is 5.82 Å². The Balaban J connectivity index is 1.57. The number of hydrogen-bond donors (Lipinski definition) is 2. The summed E-state index contributed by atoms with van der Waals surface area (Å²) in [5, 5.41) is 29.0. The number of fused-ring (bicyclic) bond motifs is 1. The van der Waals surface area contributed by atoms with Gasteiger partial charge >= 0.3 is 0 Å². The second-order valence-electron chi connectivity index (χ2n) is 5.93. The number of para-hydroxylation sites is 2. The molecule has 0 saturated heterocycles. The minimum Gasteiger partial charge on any atom is -0.510 e. The number of aromatic nitrogens is 6. The highest BCUT2D eigenvalue weighted by Crippen LogP contribution is 2.26. The zero-order chi connectivity index (χ0) is 19.5. The molecule has 4 rings (SSSR count). The molecule has 0 aliphatic carbocycles. The third-order valence-electron chi connectivity index (χ3n) is 4.14. The first-order valence-corrected chi connectivity index (χ1v) is 9.36. The van der Waals surface area contributed by atoms with E-state index in [1.165, 1.54) is 11.8 Å². The van der Waals surface area contributed by atoms with E-state index < -0.39 is 0 Å². The fourth-order valence-electron chi connectivity index (χ4n) is 2.72. The third kappa shape index (κ3) is 3.33. The highest BCUT2D eigenvalue weighted by atomic mass is 32.2. The van der Waals surface area contributed by atoms with E-state index in [1.54, 1.807) is 12.4 Å². The fourth-order valence-corrected chi connectivity index (χ4v) is 3.51. The van der Waals surface area contributed by atoms with Crippen molar-refractivity contribution in [2.24, 2.45) is 7.05 Å². The van der Waals surface area contributed by atoms with Crippen molar-refractivity contribution in [3.8, 4) is 17.5 Å². The smallest absolute Gasteiger partial charge is 0.191 e. The summed E-state index contributed by atoms with van der Waals surface area (Å²) in [7, 11) is 1.85. The highest BCUT2D eigenvalue weighted by Gasteiger charge is 2.16. The number of allylic oxidation sites excluding steroid dienone is 1. The van der Waals surface area contributed by atoms with Crippen LogP contribution in [0.3, 0.4) is 0 Å². The summed E-state index contributed by atoms with van der Waals surface area (Å²) in [4.78, 5) is 11.4. The number of aromatic amines is 1. The molecule has 0 atom stereocenters. The van der Waals surface area contributed by atoms with Crippen LogP contribution in [-0.2, 0) is 7.05 Å². The van der Waals surface area contributed by atoms with Gasteiger partial charge in [0, 0.05) is 25.0 Å². The fraction of sp³-hybridized carbons (Fsp3) is 0.105. The molecule has 8 nitrogen and oxygen atoms in total. The topological polar surface area (TPSA) is 116 Å². The van der Waals surface area contributed by atoms with Crippen molar-refractivity contribution in [2.45, 2.75) is 5.16 Å². The Labute approximate surface area is 164 Å². The molecule has 3 heterocycles. The first-order chi connectivity index (χ1) is 13.7. The monoisotopic (exact) mass is 389 g/mol. The molecule has 9 heteroatoms.